The predicted octanol–water partition coefficient (Wildman–Crippen LogP) is 0.828. The Kier molecular flexibility index (Phi) is 3.54. The molecule has 0 spiro atoms. The summed E-state index contributed by atoms with van der Waals surface area (Å²) < 4.78 is 13.4. The van der Waals surface area contributed by atoms with Crippen LogP contribution in [0.15, 0.2) is 18.2 Å². The highest BCUT2D eigenvalue weighted by Crippen LogP contribution is 2.28. The van der Waals surface area contributed by atoms with E-state index in [9.17, 15) is 14.5 Å². The molecule has 2 aliphatic rings. The number of nitrogens with one attached hydrogen (secondary N) is 1. The van der Waals surface area contributed by atoms with Crippen LogP contribution in [0.1, 0.15) is 0 Å². The van der Waals surface area contributed by atoms with Gasteiger partial charge in [-0.05, 0) is 6.07 Å². The third-order valence-corrected chi connectivity index (χ3v) is 3.97. The molecule has 1 N–H and O–H groups in total. The van der Waals surface area contributed by atoms with Gasteiger partial charge < -0.3 is 10.2 Å². The summed E-state index contributed by atoms with van der Waals surface area (Å²) in [5, 5.41) is 14.1. The molecule has 0 amide bonds. The van der Waals surface area contributed by atoms with Crippen molar-refractivity contribution >= 4 is 11.4 Å². The lowest BCUT2D eigenvalue weighted by atomic mass is 10.0. The van der Waals surface area contributed by atoms with Crippen molar-refractivity contribution in [3.05, 3.63) is 34.1 Å². The summed E-state index contributed by atoms with van der Waals surface area (Å²) in [6, 6.07) is 4.23. The maximum absolute atomic E-state index is 13.4. The van der Waals surface area contributed by atoms with E-state index in [1.807, 2.05) is 4.90 Å². The standard InChI is InChI=1S/C13H17FN4O2/c14-10-5-11(7-12(6-10)18(19)20)17-8-13(9-17)16-3-1-15-2-4-16/h5-7,13,15H,1-4,8-9H2. The molecule has 7 heteroatoms. The van der Waals surface area contributed by atoms with Gasteiger partial charge >= 0.3 is 0 Å². The van der Waals surface area contributed by atoms with E-state index in [-0.39, 0.29) is 5.69 Å². The van der Waals surface area contributed by atoms with Gasteiger partial charge in [-0.1, -0.05) is 0 Å². The van der Waals surface area contributed by atoms with Crippen LogP contribution >= 0.6 is 0 Å². The number of anilines is 1. The smallest absolute Gasteiger partial charge is 0.274 e. The fraction of sp³-hybridized carbons (Fsp3) is 0.538. The fourth-order valence-electron chi connectivity index (χ4n) is 2.79. The lowest BCUT2D eigenvalue weighted by Gasteiger charge is -2.47. The normalized spacial score (nSPS) is 20.8. The Morgan fingerprint density at radius 1 is 1.25 bits per heavy atom. The Morgan fingerprint density at radius 3 is 2.60 bits per heavy atom. The molecule has 2 aliphatic heterocycles. The molecule has 0 aromatic heterocycles. The second-order valence-corrected chi connectivity index (χ2v) is 5.27. The average molecular weight is 280 g/mol. The molecule has 2 heterocycles. The van der Waals surface area contributed by atoms with E-state index in [0.29, 0.717) is 11.7 Å². The van der Waals surface area contributed by atoms with Crippen LogP contribution in [-0.4, -0.2) is 55.1 Å². The molecular formula is C13H17FN4O2. The quantitative estimate of drug-likeness (QED) is 0.656. The molecule has 0 unspecified atom stereocenters. The van der Waals surface area contributed by atoms with E-state index in [1.165, 1.54) is 12.1 Å². The van der Waals surface area contributed by atoms with Gasteiger partial charge in [-0.25, -0.2) is 4.39 Å². The van der Waals surface area contributed by atoms with Gasteiger partial charge in [0, 0.05) is 57.1 Å². The Balaban J connectivity index is 1.65. The van der Waals surface area contributed by atoms with Gasteiger partial charge in [0.2, 0.25) is 0 Å². The second kappa shape index (κ2) is 5.34. The van der Waals surface area contributed by atoms with E-state index in [1.54, 1.807) is 0 Å². The van der Waals surface area contributed by atoms with Crippen LogP contribution in [0.2, 0.25) is 0 Å². The highest BCUT2D eigenvalue weighted by Gasteiger charge is 2.33. The van der Waals surface area contributed by atoms with Crippen molar-refractivity contribution in [1.82, 2.24) is 10.2 Å². The van der Waals surface area contributed by atoms with Crippen LogP contribution < -0.4 is 10.2 Å². The maximum Gasteiger partial charge on any atom is 0.274 e. The number of halogens is 1. The topological polar surface area (TPSA) is 61.7 Å². The SMILES string of the molecule is O=[N+]([O-])c1cc(F)cc(N2CC(N3CCNCC3)C2)c1. The number of rotatable bonds is 3. The highest BCUT2D eigenvalue weighted by molar-refractivity contribution is 5.55. The first-order valence-electron chi connectivity index (χ1n) is 6.78. The summed E-state index contributed by atoms with van der Waals surface area (Å²) in [7, 11) is 0. The molecule has 2 fully saturated rings. The van der Waals surface area contributed by atoms with Crippen molar-refractivity contribution in [2.24, 2.45) is 0 Å². The van der Waals surface area contributed by atoms with Crippen molar-refractivity contribution in [3.8, 4) is 0 Å². The number of non-ortho nitro benzene ring substituents is 1. The summed E-state index contributed by atoms with van der Waals surface area (Å²) in [6.45, 7) is 5.68. The monoisotopic (exact) mass is 280 g/mol. The van der Waals surface area contributed by atoms with Crippen molar-refractivity contribution in [2.75, 3.05) is 44.2 Å². The van der Waals surface area contributed by atoms with E-state index in [4.69, 9.17) is 0 Å². The number of nitro benzene ring substituents is 1. The first kappa shape index (κ1) is 13.3. The van der Waals surface area contributed by atoms with Crippen LogP contribution in [0.25, 0.3) is 0 Å². The number of nitrogens with zero attached hydrogens (tertiary/aromatic N) is 3. The molecular weight excluding hydrogens is 263 g/mol. The molecule has 0 aliphatic carbocycles. The third kappa shape index (κ3) is 2.59. The molecule has 1 aromatic carbocycles. The second-order valence-electron chi connectivity index (χ2n) is 5.27. The van der Waals surface area contributed by atoms with Crippen LogP contribution in [0.5, 0.6) is 0 Å². The van der Waals surface area contributed by atoms with Gasteiger partial charge in [0.15, 0.2) is 0 Å². The van der Waals surface area contributed by atoms with Gasteiger partial charge in [-0.15, -0.1) is 0 Å². The number of piperazine rings is 1. The van der Waals surface area contributed by atoms with Gasteiger partial charge in [-0.2, -0.15) is 0 Å². The first-order valence-corrected chi connectivity index (χ1v) is 6.78. The minimum absolute atomic E-state index is 0.189. The number of nitro groups is 1. The summed E-state index contributed by atoms with van der Waals surface area (Å²) in [6.07, 6.45) is 0. The largest absolute Gasteiger partial charge is 0.368 e. The summed E-state index contributed by atoms with van der Waals surface area (Å²) in [4.78, 5) is 14.6. The van der Waals surface area contributed by atoms with E-state index >= 15 is 0 Å². The molecule has 1 aromatic rings. The zero-order chi connectivity index (χ0) is 14.1. The minimum Gasteiger partial charge on any atom is -0.368 e. The molecule has 0 bridgehead atoms. The van der Waals surface area contributed by atoms with Gasteiger partial charge in [-0.3, -0.25) is 15.0 Å². The highest BCUT2D eigenvalue weighted by atomic mass is 19.1. The zero-order valence-electron chi connectivity index (χ0n) is 11.1. The lowest BCUT2D eigenvalue weighted by molar-refractivity contribution is -0.385. The van der Waals surface area contributed by atoms with Crippen molar-refractivity contribution < 1.29 is 9.31 Å². The molecule has 0 radical (unpaired) electrons. The van der Waals surface area contributed by atoms with Gasteiger partial charge in [0.25, 0.3) is 5.69 Å². The van der Waals surface area contributed by atoms with Crippen LogP contribution in [-0.2, 0) is 0 Å². The number of benzene rings is 1. The van der Waals surface area contributed by atoms with Crippen LogP contribution in [0.4, 0.5) is 15.8 Å². The minimum atomic E-state index is -0.556. The predicted molar refractivity (Wildman–Crippen MR) is 73.5 cm³/mol. The van der Waals surface area contributed by atoms with Crippen molar-refractivity contribution in [1.29, 1.82) is 0 Å². The van der Waals surface area contributed by atoms with E-state index in [2.05, 4.69) is 10.2 Å². The number of hydrogen-bond acceptors (Lipinski definition) is 5. The lowest BCUT2D eigenvalue weighted by Crippen LogP contribution is -2.62. The Hall–Kier alpha value is -1.73. The molecule has 3 rings (SSSR count). The fourth-order valence-corrected chi connectivity index (χ4v) is 2.79. The molecule has 0 atom stereocenters. The number of hydrogen-bond donors (Lipinski definition) is 1. The van der Waals surface area contributed by atoms with Crippen LogP contribution in [0.3, 0.4) is 0 Å². The van der Waals surface area contributed by atoms with Crippen LogP contribution in [0, 0.1) is 15.9 Å². The Morgan fingerprint density at radius 2 is 1.95 bits per heavy atom. The molecule has 0 saturated carbocycles. The van der Waals surface area contributed by atoms with Gasteiger partial charge in [0.1, 0.15) is 5.82 Å². The maximum atomic E-state index is 13.4. The molecule has 6 nitrogen and oxygen atoms in total. The molecule has 108 valence electrons. The van der Waals surface area contributed by atoms with Crippen molar-refractivity contribution in [2.45, 2.75) is 6.04 Å². The first-order chi connectivity index (χ1) is 9.63. The summed E-state index contributed by atoms with van der Waals surface area (Å²) in [5.41, 5.74) is 0.411. The summed E-state index contributed by atoms with van der Waals surface area (Å²) in [5.74, 6) is -0.556. The zero-order valence-corrected chi connectivity index (χ0v) is 11.1. The van der Waals surface area contributed by atoms with Crippen molar-refractivity contribution in [3.63, 3.8) is 0 Å². The Bertz CT molecular complexity index is 513. The third-order valence-electron chi connectivity index (χ3n) is 3.97. The van der Waals surface area contributed by atoms with Gasteiger partial charge in [0.05, 0.1) is 11.0 Å². The van der Waals surface area contributed by atoms with E-state index in [0.717, 1.165) is 45.3 Å². The van der Waals surface area contributed by atoms with E-state index < -0.39 is 10.7 Å². The Labute approximate surface area is 116 Å². The molecule has 20 heavy (non-hydrogen) atoms. The molecule has 2 saturated heterocycles. The average Bonchev–Trinajstić information content (AvgIpc) is 2.37. The summed E-state index contributed by atoms with van der Waals surface area (Å²) >= 11 is 0.